The minimum absolute atomic E-state index is 0.0528. The number of thiol groups is 3. The van der Waals surface area contributed by atoms with Gasteiger partial charge in [0.05, 0.1) is 5.60 Å². The van der Waals surface area contributed by atoms with Gasteiger partial charge in [-0.05, 0) is 73.5 Å². The normalized spacial score (nSPS) is 12.0. The Morgan fingerprint density at radius 3 is 1.50 bits per heavy atom. The number of thioether (sulfide) groups is 3. The van der Waals surface area contributed by atoms with E-state index in [1.807, 2.05) is 35.3 Å². The van der Waals surface area contributed by atoms with E-state index in [-0.39, 0.29) is 5.60 Å². The standard InChI is InChI=1S/C17H36OS6/c1-17(5-2-11-22-14-8-19,6-3-12-23-15-9-20)18-7-4-13-24-16-10-21/h19-21H,2-16H2,1H3. The van der Waals surface area contributed by atoms with Crippen molar-refractivity contribution >= 4 is 73.2 Å². The molecule has 0 aliphatic carbocycles. The number of hydrogen-bond acceptors (Lipinski definition) is 7. The van der Waals surface area contributed by atoms with E-state index in [1.54, 1.807) is 0 Å². The lowest BCUT2D eigenvalue weighted by Crippen LogP contribution is -2.30. The van der Waals surface area contributed by atoms with Gasteiger partial charge in [0, 0.05) is 23.9 Å². The van der Waals surface area contributed by atoms with Gasteiger partial charge in [0.15, 0.2) is 0 Å². The van der Waals surface area contributed by atoms with Crippen molar-refractivity contribution < 1.29 is 4.74 Å². The Morgan fingerprint density at radius 1 is 0.667 bits per heavy atom. The molecule has 0 saturated heterocycles. The summed E-state index contributed by atoms with van der Waals surface area (Å²) in [6.45, 7) is 3.21. The zero-order chi connectivity index (χ0) is 17.9. The maximum Gasteiger partial charge on any atom is 0.0655 e. The minimum atomic E-state index is 0.0528. The Kier molecular flexibility index (Phi) is 21.5. The molecule has 0 bridgehead atoms. The van der Waals surface area contributed by atoms with E-state index in [9.17, 15) is 0 Å². The lowest BCUT2D eigenvalue weighted by Gasteiger charge is -2.30. The molecule has 146 valence electrons. The highest BCUT2D eigenvalue weighted by molar-refractivity contribution is 8.00. The Hall–Kier alpha value is 2.06. The van der Waals surface area contributed by atoms with Gasteiger partial charge in [-0.15, -0.1) is 0 Å². The highest BCUT2D eigenvalue weighted by atomic mass is 32.2. The number of hydrogen-bond donors (Lipinski definition) is 3. The molecule has 0 heterocycles. The lowest BCUT2D eigenvalue weighted by atomic mass is 9.94. The molecule has 0 rings (SSSR count). The van der Waals surface area contributed by atoms with E-state index in [2.05, 4.69) is 44.8 Å². The summed E-state index contributed by atoms with van der Waals surface area (Å²) in [6, 6.07) is 0. The van der Waals surface area contributed by atoms with Crippen molar-refractivity contribution in [3.8, 4) is 0 Å². The molecular formula is C17H36OS6. The maximum atomic E-state index is 6.34. The van der Waals surface area contributed by atoms with Gasteiger partial charge in [0.25, 0.3) is 0 Å². The summed E-state index contributed by atoms with van der Waals surface area (Å²) in [7, 11) is 0. The summed E-state index contributed by atoms with van der Waals surface area (Å²) in [4.78, 5) is 0. The van der Waals surface area contributed by atoms with Gasteiger partial charge in [-0.1, -0.05) is 0 Å². The molecule has 0 spiro atoms. The second kappa shape index (κ2) is 19.8. The van der Waals surface area contributed by atoms with Crippen LogP contribution in [-0.2, 0) is 4.74 Å². The molecule has 0 aromatic carbocycles. The smallest absolute Gasteiger partial charge is 0.0655 e. The van der Waals surface area contributed by atoms with E-state index in [0.717, 1.165) is 47.5 Å². The fraction of sp³-hybridized carbons (Fsp3) is 1.00. The van der Waals surface area contributed by atoms with E-state index in [1.165, 1.54) is 42.9 Å². The SMILES string of the molecule is CC(CCCSCCS)(CCCSCCS)OCCCSCCS. The third-order valence-corrected chi connectivity index (χ3v) is 8.37. The summed E-state index contributed by atoms with van der Waals surface area (Å²) in [5, 5.41) is 0. The fourth-order valence-corrected chi connectivity index (χ4v) is 5.53. The predicted octanol–water partition coefficient (Wildman–Crippen LogP) is 5.70. The monoisotopic (exact) mass is 448 g/mol. The molecule has 7 heteroatoms. The Labute approximate surface area is 180 Å². The fourth-order valence-electron chi connectivity index (χ4n) is 2.35. The van der Waals surface area contributed by atoms with Crippen LogP contribution < -0.4 is 0 Å². The van der Waals surface area contributed by atoms with Gasteiger partial charge in [-0.3, -0.25) is 0 Å². The third-order valence-electron chi connectivity index (χ3n) is 3.58. The van der Waals surface area contributed by atoms with Crippen LogP contribution in [0, 0.1) is 0 Å². The zero-order valence-electron chi connectivity index (χ0n) is 15.1. The number of rotatable bonds is 19. The summed E-state index contributed by atoms with van der Waals surface area (Å²) in [6.07, 6.45) is 5.98. The predicted molar refractivity (Wildman–Crippen MR) is 131 cm³/mol. The van der Waals surface area contributed by atoms with Crippen molar-refractivity contribution in [2.75, 3.05) is 58.4 Å². The van der Waals surface area contributed by atoms with Crippen LogP contribution in [0.5, 0.6) is 0 Å². The number of ether oxygens (including phenoxy) is 1. The van der Waals surface area contributed by atoms with Gasteiger partial charge in [0.2, 0.25) is 0 Å². The molecule has 0 radical (unpaired) electrons. The van der Waals surface area contributed by atoms with Crippen LogP contribution in [0.15, 0.2) is 0 Å². The molecule has 0 N–H and O–H groups in total. The summed E-state index contributed by atoms with van der Waals surface area (Å²) >= 11 is 18.8. The van der Waals surface area contributed by atoms with Crippen molar-refractivity contribution in [1.29, 1.82) is 0 Å². The molecule has 0 saturated carbocycles. The van der Waals surface area contributed by atoms with Crippen molar-refractivity contribution in [3.63, 3.8) is 0 Å². The highest BCUT2D eigenvalue weighted by Crippen LogP contribution is 2.26. The second-order valence-corrected chi connectivity index (χ2v) is 10.9. The molecule has 0 aromatic heterocycles. The molecule has 0 aliphatic rings. The van der Waals surface area contributed by atoms with E-state index in [4.69, 9.17) is 4.74 Å². The molecule has 0 atom stereocenters. The molecule has 0 aliphatic heterocycles. The van der Waals surface area contributed by atoms with Crippen LogP contribution in [0.2, 0.25) is 0 Å². The molecule has 0 amide bonds. The highest BCUT2D eigenvalue weighted by Gasteiger charge is 2.24. The van der Waals surface area contributed by atoms with Crippen molar-refractivity contribution in [3.05, 3.63) is 0 Å². The first kappa shape index (κ1) is 26.1. The van der Waals surface area contributed by atoms with E-state index in [0.29, 0.717) is 0 Å². The average molecular weight is 449 g/mol. The van der Waals surface area contributed by atoms with E-state index >= 15 is 0 Å². The summed E-state index contributed by atoms with van der Waals surface area (Å²) in [5.41, 5.74) is 0.0528. The van der Waals surface area contributed by atoms with Crippen molar-refractivity contribution in [2.24, 2.45) is 0 Å². The Balaban J connectivity index is 4.00. The van der Waals surface area contributed by atoms with Gasteiger partial charge in [-0.2, -0.15) is 73.2 Å². The first-order valence-electron chi connectivity index (χ1n) is 8.88. The molecule has 0 aromatic rings. The van der Waals surface area contributed by atoms with Crippen LogP contribution >= 0.6 is 73.2 Å². The van der Waals surface area contributed by atoms with Gasteiger partial charge >= 0.3 is 0 Å². The van der Waals surface area contributed by atoms with Gasteiger partial charge in [0.1, 0.15) is 0 Å². The summed E-state index contributed by atoms with van der Waals surface area (Å²) in [5.74, 6) is 10.0. The Morgan fingerprint density at radius 2 is 1.08 bits per heavy atom. The molecule has 0 unspecified atom stereocenters. The van der Waals surface area contributed by atoms with E-state index < -0.39 is 0 Å². The quantitative estimate of drug-likeness (QED) is 0.173. The molecule has 1 nitrogen and oxygen atoms in total. The van der Waals surface area contributed by atoms with Crippen LogP contribution in [-0.4, -0.2) is 64.0 Å². The second-order valence-electron chi connectivity index (χ2n) is 5.87. The minimum Gasteiger partial charge on any atom is -0.375 e. The van der Waals surface area contributed by atoms with Crippen LogP contribution in [0.1, 0.15) is 39.0 Å². The van der Waals surface area contributed by atoms with Crippen LogP contribution in [0.25, 0.3) is 0 Å². The van der Waals surface area contributed by atoms with Crippen LogP contribution in [0.3, 0.4) is 0 Å². The summed E-state index contributed by atoms with van der Waals surface area (Å²) < 4.78 is 6.34. The van der Waals surface area contributed by atoms with Crippen LogP contribution in [0.4, 0.5) is 0 Å². The first-order chi connectivity index (χ1) is 11.7. The largest absolute Gasteiger partial charge is 0.375 e. The molecular weight excluding hydrogens is 413 g/mol. The van der Waals surface area contributed by atoms with Gasteiger partial charge in [-0.25, -0.2) is 0 Å². The van der Waals surface area contributed by atoms with Gasteiger partial charge < -0.3 is 4.74 Å². The van der Waals surface area contributed by atoms with Crippen molar-refractivity contribution in [1.82, 2.24) is 0 Å². The average Bonchev–Trinajstić information content (AvgIpc) is 2.58. The lowest BCUT2D eigenvalue weighted by molar-refractivity contribution is -0.0435. The zero-order valence-corrected chi connectivity index (χ0v) is 20.2. The maximum absolute atomic E-state index is 6.34. The Bertz CT molecular complexity index is 241. The molecule has 24 heavy (non-hydrogen) atoms. The third kappa shape index (κ3) is 17.5. The van der Waals surface area contributed by atoms with Crippen molar-refractivity contribution in [2.45, 2.75) is 44.6 Å². The first-order valence-corrected chi connectivity index (χ1v) is 14.2. The topological polar surface area (TPSA) is 9.23 Å². The molecule has 0 fully saturated rings.